The number of ether oxygens (including phenoxy) is 1. The zero-order valence-corrected chi connectivity index (χ0v) is 12.6. The SMILES string of the molecule is CC#CC(O)(c1cccc(-c2ccccc2OC)c1)C(F)(F)F. The van der Waals surface area contributed by atoms with Crippen LogP contribution in [0.3, 0.4) is 0 Å². The zero-order chi connectivity index (χ0) is 17.1. The Labute approximate surface area is 132 Å². The van der Waals surface area contributed by atoms with Crippen molar-refractivity contribution in [3.63, 3.8) is 0 Å². The number of benzene rings is 2. The molecule has 2 nitrogen and oxygen atoms in total. The van der Waals surface area contributed by atoms with Gasteiger partial charge in [0.2, 0.25) is 5.60 Å². The number of para-hydroxylation sites is 1. The Morgan fingerprint density at radius 1 is 1.04 bits per heavy atom. The lowest BCUT2D eigenvalue weighted by Gasteiger charge is -2.26. The van der Waals surface area contributed by atoms with Crippen LogP contribution in [0.2, 0.25) is 0 Å². The molecule has 0 aliphatic rings. The molecule has 5 heteroatoms. The van der Waals surface area contributed by atoms with E-state index in [1.807, 2.05) is 5.92 Å². The fraction of sp³-hybridized carbons (Fsp3) is 0.222. The van der Waals surface area contributed by atoms with Crippen LogP contribution >= 0.6 is 0 Å². The Kier molecular flexibility index (Phi) is 4.67. The molecule has 0 radical (unpaired) electrons. The van der Waals surface area contributed by atoms with Gasteiger partial charge in [0, 0.05) is 11.1 Å². The van der Waals surface area contributed by atoms with Gasteiger partial charge in [-0.2, -0.15) is 13.2 Å². The highest BCUT2D eigenvalue weighted by Gasteiger charge is 2.54. The first kappa shape index (κ1) is 16.9. The third-order valence-corrected chi connectivity index (χ3v) is 3.41. The molecule has 2 aromatic carbocycles. The van der Waals surface area contributed by atoms with Crippen LogP contribution in [-0.2, 0) is 5.60 Å². The van der Waals surface area contributed by atoms with Gasteiger partial charge in [-0.15, -0.1) is 5.92 Å². The normalized spacial score (nSPS) is 13.7. The monoisotopic (exact) mass is 320 g/mol. The van der Waals surface area contributed by atoms with Crippen molar-refractivity contribution < 1.29 is 23.0 Å². The Balaban J connectivity index is 2.61. The fourth-order valence-corrected chi connectivity index (χ4v) is 2.28. The lowest BCUT2D eigenvalue weighted by molar-refractivity contribution is -0.240. The van der Waals surface area contributed by atoms with E-state index in [-0.39, 0.29) is 5.56 Å². The number of halogens is 3. The van der Waals surface area contributed by atoms with Gasteiger partial charge in [0.1, 0.15) is 5.75 Å². The molecule has 23 heavy (non-hydrogen) atoms. The van der Waals surface area contributed by atoms with Crippen LogP contribution in [0, 0.1) is 11.8 Å². The predicted molar refractivity (Wildman–Crippen MR) is 81.8 cm³/mol. The predicted octanol–water partition coefficient (Wildman–Crippen LogP) is 4.14. The van der Waals surface area contributed by atoms with Gasteiger partial charge in [0.15, 0.2) is 0 Å². The molecule has 0 amide bonds. The van der Waals surface area contributed by atoms with Crippen LogP contribution in [0.1, 0.15) is 12.5 Å². The molecule has 0 aromatic heterocycles. The molecular formula is C18H15F3O2. The summed E-state index contributed by atoms with van der Waals surface area (Å²) in [7, 11) is 1.48. The summed E-state index contributed by atoms with van der Waals surface area (Å²) in [5.74, 6) is 4.55. The Hall–Kier alpha value is -2.45. The lowest BCUT2D eigenvalue weighted by atomic mass is 9.90. The number of aliphatic hydroxyl groups is 1. The van der Waals surface area contributed by atoms with E-state index in [0.717, 1.165) is 0 Å². The van der Waals surface area contributed by atoms with Crippen LogP contribution < -0.4 is 4.74 Å². The molecule has 1 N–H and O–H groups in total. The molecule has 0 aliphatic heterocycles. The van der Waals surface area contributed by atoms with E-state index in [9.17, 15) is 18.3 Å². The van der Waals surface area contributed by atoms with E-state index in [0.29, 0.717) is 16.9 Å². The largest absolute Gasteiger partial charge is 0.496 e. The highest BCUT2D eigenvalue weighted by Crippen LogP contribution is 2.40. The maximum absolute atomic E-state index is 13.3. The molecule has 0 fully saturated rings. The minimum atomic E-state index is -4.91. The molecule has 0 heterocycles. The van der Waals surface area contributed by atoms with E-state index in [1.54, 1.807) is 30.3 Å². The van der Waals surface area contributed by atoms with Gasteiger partial charge in [-0.25, -0.2) is 0 Å². The highest BCUT2D eigenvalue weighted by atomic mass is 19.4. The molecule has 0 aliphatic carbocycles. The van der Waals surface area contributed by atoms with E-state index in [4.69, 9.17) is 4.74 Å². The van der Waals surface area contributed by atoms with Crippen molar-refractivity contribution in [1.82, 2.24) is 0 Å². The molecule has 1 unspecified atom stereocenters. The molecule has 0 spiro atoms. The smallest absolute Gasteiger partial charge is 0.433 e. The lowest BCUT2D eigenvalue weighted by Crippen LogP contribution is -2.41. The summed E-state index contributed by atoms with van der Waals surface area (Å²) in [4.78, 5) is 0. The van der Waals surface area contributed by atoms with Crippen molar-refractivity contribution >= 4 is 0 Å². The second-order valence-electron chi connectivity index (χ2n) is 4.86. The highest BCUT2D eigenvalue weighted by molar-refractivity contribution is 5.71. The summed E-state index contributed by atoms with van der Waals surface area (Å²) in [5.41, 5.74) is -2.41. The van der Waals surface area contributed by atoms with E-state index in [2.05, 4.69) is 5.92 Å². The first-order valence-electron chi connectivity index (χ1n) is 6.80. The molecular weight excluding hydrogens is 305 g/mol. The van der Waals surface area contributed by atoms with E-state index >= 15 is 0 Å². The summed E-state index contributed by atoms with van der Waals surface area (Å²) >= 11 is 0. The van der Waals surface area contributed by atoms with E-state index < -0.39 is 11.8 Å². The first-order valence-corrected chi connectivity index (χ1v) is 6.80. The van der Waals surface area contributed by atoms with Gasteiger partial charge in [-0.05, 0) is 24.6 Å². The van der Waals surface area contributed by atoms with Gasteiger partial charge < -0.3 is 9.84 Å². The third kappa shape index (κ3) is 3.17. The maximum atomic E-state index is 13.3. The summed E-state index contributed by atoms with van der Waals surface area (Å²) in [6, 6.07) is 12.5. The second kappa shape index (κ2) is 6.35. The van der Waals surface area contributed by atoms with Gasteiger partial charge in [-0.3, -0.25) is 0 Å². The summed E-state index contributed by atoms with van der Waals surface area (Å²) < 4.78 is 45.1. The molecule has 1 atom stereocenters. The Morgan fingerprint density at radius 3 is 2.35 bits per heavy atom. The number of hydrogen-bond acceptors (Lipinski definition) is 2. The number of hydrogen-bond donors (Lipinski definition) is 1. The Morgan fingerprint density at radius 2 is 1.74 bits per heavy atom. The van der Waals surface area contributed by atoms with Crippen molar-refractivity contribution in [2.75, 3.05) is 7.11 Å². The molecule has 0 saturated heterocycles. The molecule has 0 bridgehead atoms. The topological polar surface area (TPSA) is 29.5 Å². The molecule has 2 rings (SSSR count). The van der Waals surface area contributed by atoms with Crippen molar-refractivity contribution in [3.8, 4) is 28.7 Å². The summed E-state index contributed by atoms with van der Waals surface area (Å²) in [6.45, 7) is 1.25. The van der Waals surface area contributed by atoms with Gasteiger partial charge in [0.05, 0.1) is 7.11 Å². The van der Waals surface area contributed by atoms with E-state index in [1.165, 1.54) is 32.2 Å². The Bertz CT molecular complexity index is 757. The minimum absolute atomic E-state index is 0.331. The van der Waals surface area contributed by atoms with Crippen LogP contribution in [0.5, 0.6) is 5.75 Å². The average Bonchev–Trinajstić information content (AvgIpc) is 2.54. The number of rotatable bonds is 3. The van der Waals surface area contributed by atoms with Crippen molar-refractivity contribution in [1.29, 1.82) is 0 Å². The number of alkyl halides is 3. The van der Waals surface area contributed by atoms with Crippen LogP contribution in [0.4, 0.5) is 13.2 Å². The standard InChI is InChI=1S/C18H15F3O2/c1-3-11-17(22,18(19,20)21)14-8-6-7-13(12-14)15-9-4-5-10-16(15)23-2/h4-10,12,22H,1-2H3. The van der Waals surface area contributed by atoms with Gasteiger partial charge in [0.25, 0.3) is 0 Å². The van der Waals surface area contributed by atoms with Crippen molar-refractivity contribution in [2.24, 2.45) is 0 Å². The second-order valence-corrected chi connectivity index (χ2v) is 4.86. The van der Waals surface area contributed by atoms with Crippen LogP contribution in [0.15, 0.2) is 48.5 Å². The quantitative estimate of drug-likeness (QED) is 0.862. The summed E-state index contributed by atoms with van der Waals surface area (Å²) in [6.07, 6.45) is -4.91. The van der Waals surface area contributed by atoms with Crippen molar-refractivity contribution in [3.05, 3.63) is 54.1 Å². The number of methoxy groups -OCH3 is 1. The molecule has 120 valence electrons. The van der Waals surface area contributed by atoms with Crippen LogP contribution in [0.25, 0.3) is 11.1 Å². The molecule has 2 aromatic rings. The van der Waals surface area contributed by atoms with Gasteiger partial charge in [-0.1, -0.05) is 42.3 Å². The first-order chi connectivity index (χ1) is 10.8. The average molecular weight is 320 g/mol. The molecule has 0 saturated carbocycles. The third-order valence-electron chi connectivity index (χ3n) is 3.41. The van der Waals surface area contributed by atoms with Crippen LogP contribution in [-0.4, -0.2) is 18.4 Å². The fourth-order valence-electron chi connectivity index (χ4n) is 2.28. The summed E-state index contributed by atoms with van der Waals surface area (Å²) in [5, 5.41) is 10.1. The minimum Gasteiger partial charge on any atom is -0.496 e. The van der Waals surface area contributed by atoms with Gasteiger partial charge >= 0.3 is 6.18 Å². The maximum Gasteiger partial charge on any atom is 0.433 e. The van der Waals surface area contributed by atoms with Crippen molar-refractivity contribution in [2.45, 2.75) is 18.7 Å². The zero-order valence-electron chi connectivity index (χ0n) is 12.6.